The maximum Gasteiger partial charge on any atom is 0.326 e. The fourth-order valence-corrected chi connectivity index (χ4v) is 2.87. The van der Waals surface area contributed by atoms with Gasteiger partial charge >= 0.3 is 6.03 Å². The topological polar surface area (TPSA) is 32.3 Å². The highest BCUT2D eigenvalue weighted by Crippen LogP contribution is 2.28. The van der Waals surface area contributed by atoms with Gasteiger partial charge in [-0.1, -0.05) is 30.3 Å². The summed E-state index contributed by atoms with van der Waals surface area (Å²) in [6, 6.07) is 15.7. The van der Waals surface area contributed by atoms with E-state index in [0.29, 0.717) is 0 Å². The molecule has 1 aliphatic rings. The van der Waals surface area contributed by atoms with Gasteiger partial charge in [-0.3, -0.25) is 4.90 Å². The molecule has 0 bridgehead atoms. The van der Waals surface area contributed by atoms with E-state index >= 15 is 0 Å². The zero-order valence-corrected chi connectivity index (χ0v) is 12.6. The fourth-order valence-electron chi connectivity index (χ4n) is 2.49. The van der Waals surface area contributed by atoms with Crippen LogP contribution >= 0.6 is 15.9 Å². The molecule has 3 rings (SSSR count). The Hall–Kier alpha value is -1.81. The summed E-state index contributed by atoms with van der Waals surface area (Å²) in [5.74, 6) is 0. The van der Waals surface area contributed by atoms with E-state index in [4.69, 9.17) is 0 Å². The van der Waals surface area contributed by atoms with Gasteiger partial charge in [0.2, 0.25) is 0 Å². The van der Waals surface area contributed by atoms with Crippen LogP contribution in [0.1, 0.15) is 12.0 Å². The van der Waals surface area contributed by atoms with Crippen LogP contribution in [-0.4, -0.2) is 12.6 Å². The molecule has 2 amide bonds. The fraction of sp³-hybridized carbons (Fsp3) is 0.188. The average molecular weight is 331 g/mol. The molecule has 0 aromatic heterocycles. The lowest BCUT2D eigenvalue weighted by Crippen LogP contribution is -2.38. The largest absolute Gasteiger partial charge is 0.326 e. The lowest BCUT2D eigenvalue weighted by molar-refractivity contribution is 0.256. The summed E-state index contributed by atoms with van der Waals surface area (Å²) in [6.45, 7) is 0.757. The highest BCUT2D eigenvalue weighted by molar-refractivity contribution is 9.10. The normalized spacial score (nSPS) is 13.8. The monoisotopic (exact) mass is 330 g/mol. The summed E-state index contributed by atoms with van der Waals surface area (Å²) in [5.41, 5.74) is 3.05. The quantitative estimate of drug-likeness (QED) is 0.823. The SMILES string of the molecule is O=C(Nc1ccccc1Br)N1CCCc2ccccc21. The van der Waals surface area contributed by atoms with Crippen molar-refractivity contribution in [1.82, 2.24) is 0 Å². The Morgan fingerprint density at radius 3 is 2.70 bits per heavy atom. The summed E-state index contributed by atoms with van der Waals surface area (Å²) in [7, 11) is 0. The van der Waals surface area contributed by atoms with Crippen molar-refractivity contribution in [3.8, 4) is 0 Å². The number of para-hydroxylation sites is 2. The average Bonchev–Trinajstić information content (AvgIpc) is 2.49. The van der Waals surface area contributed by atoms with Crippen LogP contribution < -0.4 is 10.2 Å². The van der Waals surface area contributed by atoms with Gasteiger partial charge in [0.25, 0.3) is 0 Å². The highest BCUT2D eigenvalue weighted by Gasteiger charge is 2.22. The first-order chi connectivity index (χ1) is 9.75. The van der Waals surface area contributed by atoms with Gasteiger partial charge in [-0.15, -0.1) is 0 Å². The molecule has 2 aromatic rings. The number of halogens is 1. The number of nitrogens with zero attached hydrogens (tertiary/aromatic N) is 1. The predicted molar refractivity (Wildman–Crippen MR) is 85.3 cm³/mol. The van der Waals surface area contributed by atoms with Crippen LogP contribution in [0.4, 0.5) is 16.2 Å². The number of amides is 2. The summed E-state index contributed by atoms with van der Waals surface area (Å²) < 4.78 is 0.888. The van der Waals surface area contributed by atoms with Crippen molar-refractivity contribution in [1.29, 1.82) is 0 Å². The molecule has 1 N–H and O–H groups in total. The molecule has 0 radical (unpaired) electrons. The molecule has 2 aromatic carbocycles. The van der Waals surface area contributed by atoms with Crippen molar-refractivity contribution < 1.29 is 4.79 Å². The Bertz CT molecular complexity index is 642. The van der Waals surface area contributed by atoms with Gasteiger partial charge < -0.3 is 5.32 Å². The van der Waals surface area contributed by atoms with Gasteiger partial charge in [-0.25, -0.2) is 4.79 Å². The Labute approximate surface area is 126 Å². The zero-order chi connectivity index (χ0) is 13.9. The number of rotatable bonds is 1. The smallest absolute Gasteiger partial charge is 0.306 e. The first-order valence-corrected chi connectivity index (χ1v) is 7.46. The molecule has 0 atom stereocenters. The van der Waals surface area contributed by atoms with Gasteiger partial charge in [0.1, 0.15) is 0 Å². The second kappa shape index (κ2) is 5.67. The van der Waals surface area contributed by atoms with E-state index in [1.807, 2.05) is 47.4 Å². The molecule has 0 aliphatic carbocycles. The van der Waals surface area contributed by atoms with Crippen molar-refractivity contribution in [2.24, 2.45) is 0 Å². The Balaban J connectivity index is 1.84. The van der Waals surface area contributed by atoms with Crippen LogP contribution in [0.3, 0.4) is 0 Å². The molecular formula is C16H15BrN2O. The zero-order valence-electron chi connectivity index (χ0n) is 11.0. The van der Waals surface area contributed by atoms with E-state index in [9.17, 15) is 4.79 Å². The molecule has 3 nitrogen and oxygen atoms in total. The highest BCUT2D eigenvalue weighted by atomic mass is 79.9. The lowest BCUT2D eigenvalue weighted by atomic mass is 10.0. The number of anilines is 2. The molecule has 0 saturated heterocycles. The summed E-state index contributed by atoms with van der Waals surface area (Å²) in [4.78, 5) is 14.3. The number of urea groups is 1. The molecule has 102 valence electrons. The minimum atomic E-state index is -0.0796. The van der Waals surface area contributed by atoms with Crippen molar-refractivity contribution >= 4 is 33.3 Å². The van der Waals surface area contributed by atoms with Crippen molar-refractivity contribution in [3.05, 3.63) is 58.6 Å². The van der Waals surface area contributed by atoms with Gasteiger partial charge in [0.05, 0.1) is 5.69 Å². The molecule has 1 heterocycles. The van der Waals surface area contributed by atoms with Crippen molar-refractivity contribution in [2.45, 2.75) is 12.8 Å². The Kier molecular flexibility index (Phi) is 3.74. The van der Waals surface area contributed by atoms with Crippen molar-refractivity contribution in [2.75, 3.05) is 16.8 Å². The first-order valence-electron chi connectivity index (χ1n) is 6.66. The van der Waals surface area contributed by atoms with Crippen LogP contribution in [0.25, 0.3) is 0 Å². The van der Waals surface area contributed by atoms with E-state index in [1.165, 1.54) is 5.56 Å². The predicted octanol–water partition coefficient (Wildman–Crippen LogP) is 4.43. The summed E-state index contributed by atoms with van der Waals surface area (Å²) >= 11 is 3.45. The molecule has 20 heavy (non-hydrogen) atoms. The molecule has 0 fully saturated rings. The number of hydrogen-bond donors (Lipinski definition) is 1. The van der Waals surface area contributed by atoms with E-state index in [0.717, 1.165) is 35.2 Å². The molecule has 0 unspecified atom stereocenters. The minimum Gasteiger partial charge on any atom is -0.306 e. The molecular weight excluding hydrogens is 316 g/mol. The van der Waals surface area contributed by atoms with E-state index < -0.39 is 0 Å². The first kappa shape index (κ1) is 13.2. The number of carbonyl (C=O) groups is 1. The van der Waals surface area contributed by atoms with Crippen LogP contribution in [0, 0.1) is 0 Å². The van der Waals surface area contributed by atoms with E-state index in [1.54, 1.807) is 0 Å². The maximum atomic E-state index is 12.5. The van der Waals surface area contributed by atoms with Gasteiger partial charge in [0.15, 0.2) is 0 Å². The van der Waals surface area contributed by atoms with Crippen LogP contribution in [0.5, 0.6) is 0 Å². The van der Waals surface area contributed by atoms with Crippen LogP contribution in [-0.2, 0) is 6.42 Å². The number of carbonyl (C=O) groups excluding carboxylic acids is 1. The Morgan fingerprint density at radius 2 is 1.85 bits per heavy atom. The third-order valence-corrected chi connectivity index (χ3v) is 4.16. The van der Waals surface area contributed by atoms with E-state index in [2.05, 4.69) is 27.3 Å². The van der Waals surface area contributed by atoms with Gasteiger partial charge in [-0.05, 0) is 52.5 Å². The third kappa shape index (κ3) is 2.56. The maximum absolute atomic E-state index is 12.5. The number of nitrogens with one attached hydrogen (secondary N) is 1. The standard InChI is InChI=1S/C16H15BrN2O/c17-13-8-2-3-9-14(13)18-16(20)19-11-5-7-12-6-1-4-10-15(12)19/h1-4,6,8-10H,5,7,11H2,(H,18,20). The third-order valence-electron chi connectivity index (χ3n) is 3.47. The number of hydrogen-bond acceptors (Lipinski definition) is 1. The van der Waals surface area contributed by atoms with Crippen molar-refractivity contribution in [3.63, 3.8) is 0 Å². The number of benzene rings is 2. The number of fused-ring (bicyclic) bond motifs is 1. The number of aryl methyl sites for hydroxylation is 1. The van der Waals surface area contributed by atoms with Crippen LogP contribution in [0.15, 0.2) is 53.0 Å². The van der Waals surface area contributed by atoms with Gasteiger partial charge in [-0.2, -0.15) is 0 Å². The van der Waals surface area contributed by atoms with Gasteiger partial charge in [0, 0.05) is 16.7 Å². The molecule has 0 spiro atoms. The summed E-state index contributed by atoms with van der Waals surface area (Å²) in [5, 5.41) is 2.96. The minimum absolute atomic E-state index is 0.0796. The molecule has 4 heteroatoms. The summed E-state index contributed by atoms with van der Waals surface area (Å²) in [6.07, 6.45) is 2.04. The lowest BCUT2D eigenvalue weighted by Gasteiger charge is -2.29. The molecule has 1 aliphatic heterocycles. The van der Waals surface area contributed by atoms with E-state index in [-0.39, 0.29) is 6.03 Å². The molecule has 0 saturated carbocycles. The second-order valence-corrected chi connectivity index (χ2v) is 5.65. The van der Waals surface area contributed by atoms with Crippen LogP contribution in [0.2, 0.25) is 0 Å². The Morgan fingerprint density at radius 1 is 1.10 bits per heavy atom. The second-order valence-electron chi connectivity index (χ2n) is 4.79.